The lowest BCUT2D eigenvalue weighted by molar-refractivity contribution is -0.118. The van der Waals surface area contributed by atoms with Crippen LogP contribution in [0.1, 0.15) is 43.0 Å². The Morgan fingerprint density at radius 3 is 2.19 bits per heavy atom. The van der Waals surface area contributed by atoms with Gasteiger partial charge in [-0.25, -0.2) is 0 Å². The summed E-state index contributed by atoms with van der Waals surface area (Å²) in [6.07, 6.45) is 5.01. The zero-order valence-corrected chi connectivity index (χ0v) is 14.9. The first-order chi connectivity index (χ1) is 12.6. The first kappa shape index (κ1) is 18.0. The molecule has 1 aliphatic rings. The lowest BCUT2D eigenvalue weighted by Gasteiger charge is -2.13. The summed E-state index contributed by atoms with van der Waals surface area (Å²) in [5, 5.41) is 2.79. The van der Waals surface area contributed by atoms with Gasteiger partial charge < -0.3 is 14.8 Å². The second kappa shape index (κ2) is 8.52. The number of Topliss-reactive ketones (excluding diaryl/α,β-unsaturated/α-hetero) is 1. The van der Waals surface area contributed by atoms with Crippen LogP contribution in [0, 0.1) is 0 Å². The van der Waals surface area contributed by atoms with Crippen LogP contribution in [0.4, 0.5) is 5.69 Å². The third-order valence-electron chi connectivity index (χ3n) is 4.37. The molecular formula is C21H23NO4. The molecule has 1 N–H and O–H groups in total. The number of carbonyl (C=O) groups is 2. The van der Waals surface area contributed by atoms with Crippen molar-refractivity contribution in [1.82, 2.24) is 0 Å². The molecule has 1 fully saturated rings. The molecule has 0 aromatic heterocycles. The molecule has 0 radical (unpaired) electrons. The van der Waals surface area contributed by atoms with Crippen LogP contribution in [0.5, 0.6) is 11.5 Å². The average Bonchev–Trinajstić information content (AvgIpc) is 3.15. The number of rotatable bonds is 7. The highest BCUT2D eigenvalue weighted by molar-refractivity contribution is 5.94. The molecule has 1 saturated carbocycles. The maximum atomic E-state index is 12.0. The van der Waals surface area contributed by atoms with Gasteiger partial charge in [0.1, 0.15) is 11.5 Å². The number of hydrogen-bond acceptors (Lipinski definition) is 4. The van der Waals surface area contributed by atoms with Crippen molar-refractivity contribution in [3.63, 3.8) is 0 Å². The van der Waals surface area contributed by atoms with E-state index in [9.17, 15) is 9.59 Å². The number of benzene rings is 2. The molecule has 0 bridgehead atoms. The van der Waals surface area contributed by atoms with Crippen LogP contribution >= 0.6 is 0 Å². The molecule has 0 atom stereocenters. The summed E-state index contributed by atoms with van der Waals surface area (Å²) in [7, 11) is 0. The minimum atomic E-state index is -0.245. The fourth-order valence-electron chi connectivity index (χ4n) is 2.95. The van der Waals surface area contributed by atoms with Gasteiger partial charge in [0.15, 0.2) is 12.4 Å². The summed E-state index contributed by atoms with van der Waals surface area (Å²) in [6, 6.07) is 14.1. The van der Waals surface area contributed by atoms with Gasteiger partial charge >= 0.3 is 0 Å². The number of ketones is 1. The zero-order chi connectivity index (χ0) is 18.4. The minimum absolute atomic E-state index is 0.00495. The van der Waals surface area contributed by atoms with Crippen molar-refractivity contribution < 1.29 is 19.1 Å². The molecule has 5 heteroatoms. The molecule has 0 heterocycles. The fraction of sp³-hybridized carbons (Fsp3) is 0.333. The first-order valence-electron chi connectivity index (χ1n) is 8.90. The molecule has 2 aromatic carbocycles. The average molecular weight is 353 g/mol. The second-order valence-electron chi connectivity index (χ2n) is 6.47. The van der Waals surface area contributed by atoms with Crippen LogP contribution in [0.3, 0.4) is 0 Å². The van der Waals surface area contributed by atoms with Crippen LogP contribution < -0.4 is 14.8 Å². The molecule has 5 nitrogen and oxygen atoms in total. The zero-order valence-electron chi connectivity index (χ0n) is 14.9. The van der Waals surface area contributed by atoms with Crippen LogP contribution in [0.25, 0.3) is 0 Å². The van der Waals surface area contributed by atoms with Gasteiger partial charge in [-0.2, -0.15) is 0 Å². The molecule has 0 unspecified atom stereocenters. The molecule has 26 heavy (non-hydrogen) atoms. The second-order valence-corrected chi connectivity index (χ2v) is 6.47. The summed E-state index contributed by atoms with van der Waals surface area (Å²) in [6.45, 7) is 1.41. The van der Waals surface area contributed by atoms with Gasteiger partial charge in [-0.15, -0.1) is 0 Å². The molecule has 0 saturated heterocycles. The highest BCUT2D eigenvalue weighted by Crippen LogP contribution is 2.25. The Bertz CT molecular complexity index is 747. The van der Waals surface area contributed by atoms with E-state index < -0.39 is 0 Å². The highest BCUT2D eigenvalue weighted by Gasteiger charge is 2.16. The summed E-state index contributed by atoms with van der Waals surface area (Å²) >= 11 is 0. The molecule has 136 valence electrons. The number of carbonyl (C=O) groups excluding carboxylic acids is 2. The van der Waals surface area contributed by atoms with Crippen molar-refractivity contribution in [2.45, 2.75) is 38.7 Å². The standard InChI is InChI=1S/C21H23NO4/c1-15(23)16-6-10-18(11-7-16)25-14-21(24)22-17-8-12-20(13-9-17)26-19-4-2-3-5-19/h6-13,19H,2-5,14H2,1H3,(H,22,24). The lowest BCUT2D eigenvalue weighted by atomic mass is 10.1. The molecule has 0 aliphatic heterocycles. The van der Waals surface area contributed by atoms with Gasteiger partial charge in [0, 0.05) is 11.3 Å². The maximum absolute atomic E-state index is 12.0. The van der Waals surface area contributed by atoms with Gasteiger partial charge in [-0.3, -0.25) is 9.59 Å². The quantitative estimate of drug-likeness (QED) is 0.757. The summed E-state index contributed by atoms with van der Waals surface area (Å²) in [4.78, 5) is 23.2. The SMILES string of the molecule is CC(=O)c1ccc(OCC(=O)Nc2ccc(OC3CCCC3)cc2)cc1. The molecule has 3 rings (SSSR count). The van der Waals surface area contributed by atoms with Crippen LogP contribution in [-0.2, 0) is 4.79 Å². The number of amides is 1. The van der Waals surface area contributed by atoms with E-state index >= 15 is 0 Å². The molecule has 1 amide bonds. The predicted molar refractivity (Wildman–Crippen MR) is 99.9 cm³/mol. The number of hydrogen-bond donors (Lipinski definition) is 1. The van der Waals surface area contributed by atoms with Gasteiger partial charge in [-0.1, -0.05) is 0 Å². The third kappa shape index (κ3) is 5.09. The molecule has 2 aromatic rings. The van der Waals surface area contributed by atoms with Crippen molar-refractivity contribution in [1.29, 1.82) is 0 Å². The van der Waals surface area contributed by atoms with E-state index in [4.69, 9.17) is 9.47 Å². The van der Waals surface area contributed by atoms with E-state index in [1.165, 1.54) is 19.8 Å². The maximum Gasteiger partial charge on any atom is 0.262 e. The summed E-state index contributed by atoms with van der Waals surface area (Å²) in [5.41, 5.74) is 1.31. The van der Waals surface area contributed by atoms with E-state index in [0.717, 1.165) is 18.6 Å². The number of nitrogens with one attached hydrogen (secondary N) is 1. The van der Waals surface area contributed by atoms with E-state index in [0.29, 0.717) is 23.1 Å². The van der Waals surface area contributed by atoms with Crippen molar-refractivity contribution >= 4 is 17.4 Å². The van der Waals surface area contributed by atoms with Crippen molar-refractivity contribution in [3.05, 3.63) is 54.1 Å². The summed E-state index contributed by atoms with van der Waals surface area (Å²) < 4.78 is 11.3. The lowest BCUT2D eigenvalue weighted by Crippen LogP contribution is -2.20. The third-order valence-corrected chi connectivity index (χ3v) is 4.37. The van der Waals surface area contributed by atoms with Crippen molar-refractivity contribution in [2.75, 3.05) is 11.9 Å². The van der Waals surface area contributed by atoms with Gasteiger partial charge in [0.05, 0.1) is 6.10 Å². The van der Waals surface area contributed by atoms with Gasteiger partial charge in [-0.05, 0) is 81.1 Å². The Kier molecular flexibility index (Phi) is 5.89. The van der Waals surface area contributed by atoms with E-state index in [1.807, 2.05) is 24.3 Å². The van der Waals surface area contributed by atoms with Crippen molar-refractivity contribution in [2.24, 2.45) is 0 Å². The minimum Gasteiger partial charge on any atom is -0.490 e. The number of ether oxygens (including phenoxy) is 2. The van der Waals surface area contributed by atoms with Crippen LogP contribution in [0.2, 0.25) is 0 Å². The van der Waals surface area contributed by atoms with Gasteiger partial charge in [0.2, 0.25) is 0 Å². The molecule has 0 spiro atoms. The van der Waals surface area contributed by atoms with Crippen molar-refractivity contribution in [3.8, 4) is 11.5 Å². The van der Waals surface area contributed by atoms with E-state index in [1.54, 1.807) is 24.3 Å². The van der Waals surface area contributed by atoms with Crippen LogP contribution in [0.15, 0.2) is 48.5 Å². The molecular weight excluding hydrogens is 330 g/mol. The summed E-state index contributed by atoms with van der Waals surface area (Å²) in [5.74, 6) is 1.13. The Balaban J connectivity index is 1.45. The number of anilines is 1. The van der Waals surface area contributed by atoms with Gasteiger partial charge in [0.25, 0.3) is 5.91 Å². The normalized spacial score (nSPS) is 14.0. The smallest absolute Gasteiger partial charge is 0.262 e. The highest BCUT2D eigenvalue weighted by atomic mass is 16.5. The predicted octanol–water partition coefficient (Wildman–Crippen LogP) is 4.23. The Morgan fingerprint density at radius 2 is 1.58 bits per heavy atom. The monoisotopic (exact) mass is 353 g/mol. The fourth-order valence-corrected chi connectivity index (χ4v) is 2.95. The Hall–Kier alpha value is -2.82. The van der Waals surface area contributed by atoms with Crippen LogP contribution in [-0.4, -0.2) is 24.4 Å². The molecule has 1 aliphatic carbocycles. The van der Waals surface area contributed by atoms with E-state index in [-0.39, 0.29) is 18.3 Å². The Morgan fingerprint density at radius 1 is 0.962 bits per heavy atom. The first-order valence-corrected chi connectivity index (χ1v) is 8.90. The largest absolute Gasteiger partial charge is 0.490 e. The van der Waals surface area contributed by atoms with E-state index in [2.05, 4.69) is 5.32 Å². The topological polar surface area (TPSA) is 64.6 Å². The Labute approximate surface area is 153 Å².